The number of aliphatic hydroxyl groups is 1. The van der Waals surface area contributed by atoms with Gasteiger partial charge in [-0.25, -0.2) is 0 Å². The third kappa shape index (κ3) is 5.42. The zero-order valence-electron chi connectivity index (χ0n) is 16.2. The highest BCUT2D eigenvalue weighted by Crippen LogP contribution is 2.32. The Morgan fingerprint density at radius 2 is 2.15 bits per heavy atom. The highest BCUT2D eigenvalue weighted by Gasteiger charge is 2.26. The van der Waals surface area contributed by atoms with Gasteiger partial charge in [0.15, 0.2) is 5.75 Å². The van der Waals surface area contributed by atoms with Gasteiger partial charge in [0, 0.05) is 25.2 Å². The fraction of sp³-hybridized carbons (Fsp3) is 0.700. The molecule has 0 aromatic heterocycles. The van der Waals surface area contributed by atoms with E-state index in [1.165, 1.54) is 19.6 Å². The highest BCUT2D eigenvalue weighted by molar-refractivity contribution is 5.49. The second-order valence-corrected chi connectivity index (χ2v) is 7.40. The number of nitro groups is 1. The van der Waals surface area contributed by atoms with Gasteiger partial charge in [0.1, 0.15) is 0 Å². The Morgan fingerprint density at radius 3 is 2.73 bits per heavy atom. The molecule has 1 heterocycles. The predicted molar refractivity (Wildman–Crippen MR) is 103 cm³/mol. The molecule has 0 aliphatic carbocycles. The molecule has 146 valence electrons. The van der Waals surface area contributed by atoms with Crippen LogP contribution in [0.3, 0.4) is 0 Å². The van der Waals surface area contributed by atoms with E-state index in [1.54, 1.807) is 6.07 Å². The summed E-state index contributed by atoms with van der Waals surface area (Å²) in [6.07, 6.45) is 6.34. The van der Waals surface area contributed by atoms with E-state index in [9.17, 15) is 15.2 Å². The molecule has 0 bridgehead atoms. The molecule has 0 saturated carbocycles. The minimum atomic E-state index is -0.410. The third-order valence-electron chi connectivity index (χ3n) is 5.48. The first-order valence-electron chi connectivity index (χ1n) is 9.70. The summed E-state index contributed by atoms with van der Waals surface area (Å²) >= 11 is 0. The molecule has 0 amide bonds. The molecule has 26 heavy (non-hydrogen) atoms. The average Bonchev–Trinajstić information content (AvgIpc) is 3.06. The van der Waals surface area contributed by atoms with Crippen molar-refractivity contribution < 1.29 is 14.8 Å². The van der Waals surface area contributed by atoms with Crippen LogP contribution in [-0.2, 0) is 0 Å². The number of hydrogen-bond donors (Lipinski definition) is 1. The predicted octanol–water partition coefficient (Wildman–Crippen LogP) is 4.11. The fourth-order valence-electron chi connectivity index (χ4n) is 3.92. The number of β-amino-alcohol motifs (C(OH)–C–C–N with tert-alkyl or cyclic N) is 1. The van der Waals surface area contributed by atoms with Gasteiger partial charge in [0.2, 0.25) is 0 Å². The Hall–Kier alpha value is -1.66. The van der Waals surface area contributed by atoms with Crippen LogP contribution in [0.1, 0.15) is 63.9 Å². The van der Waals surface area contributed by atoms with E-state index >= 15 is 0 Å². The van der Waals surface area contributed by atoms with Crippen LogP contribution < -0.4 is 4.74 Å². The van der Waals surface area contributed by atoms with E-state index in [1.807, 2.05) is 6.07 Å². The molecule has 0 radical (unpaired) electrons. The van der Waals surface area contributed by atoms with Crippen molar-refractivity contribution in [3.63, 3.8) is 0 Å². The minimum absolute atomic E-state index is 0.0130. The zero-order valence-corrected chi connectivity index (χ0v) is 16.2. The van der Waals surface area contributed by atoms with Crippen molar-refractivity contribution in [3.8, 4) is 5.75 Å². The molecule has 1 aliphatic heterocycles. The molecule has 1 fully saturated rings. The molecule has 6 nitrogen and oxygen atoms in total. The van der Waals surface area contributed by atoms with E-state index in [0.717, 1.165) is 50.8 Å². The van der Waals surface area contributed by atoms with E-state index in [2.05, 4.69) is 18.7 Å². The topological polar surface area (TPSA) is 75.8 Å². The number of aliphatic hydroxyl groups excluding tert-OH is 1. The molecule has 1 saturated heterocycles. The number of nitrogens with zero attached hydrogens (tertiary/aromatic N) is 2. The molecule has 2 unspecified atom stereocenters. The monoisotopic (exact) mass is 364 g/mol. The lowest BCUT2D eigenvalue weighted by Crippen LogP contribution is -2.34. The second-order valence-electron chi connectivity index (χ2n) is 7.40. The first-order chi connectivity index (χ1) is 12.5. The Labute approximate surface area is 156 Å². The van der Waals surface area contributed by atoms with Crippen molar-refractivity contribution in [2.75, 3.05) is 20.2 Å². The summed E-state index contributed by atoms with van der Waals surface area (Å²) in [5.41, 5.74) is 1.09. The second kappa shape index (κ2) is 9.88. The maximum atomic E-state index is 11.0. The maximum Gasteiger partial charge on any atom is 0.310 e. The third-order valence-corrected chi connectivity index (χ3v) is 5.48. The van der Waals surface area contributed by atoms with E-state index < -0.39 is 4.92 Å². The van der Waals surface area contributed by atoms with Gasteiger partial charge in [-0.3, -0.25) is 15.0 Å². The summed E-state index contributed by atoms with van der Waals surface area (Å²) in [5.74, 6) is 0.658. The number of ether oxygens (including phenoxy) is 1. The van der Waals surface area contributed by atoms with Crippen LogP contribution in [0.4, 0.5) is 5.69 Å². The number of nitro benzene ring substituents is 1. The van der Waals surface area contributed by atoms with Gasteiger partial charge in [-0.2, -0.15) is 0 Å². The number of benzene rings is 1. The molecule has 1 aromatic rings. The molecule has 1 aromatic carbocycles. The number of hydrogen-bond acceptors (Lipinski definition) is 5. The lowest BCUT2D eigenvalue weighted by atomic mass is 9.93. The van der Waals surface area contributed by atoms with Crippen molar-refractivity contribution in [2.45, 2.75) is 70.4 Å². The van der Waals surface area contributed by atoms with Crippen LogP contribution in [0.5, 0.6) is 5.75 Å². The van der Waals surface area contributed by atoms with Crippen LogP contribution in [0, 0.1) is 10.1 Å². The fourth-order valence-corrected chi connectivity index (χ4v) is 3.92. The standard InChI is InChI=1S/C20H32N2O4/c1-4-6-17(21-12-11-18(23)14-21)8-5-7-15(2)16-9-10-19(22(24)25)20(13-16)26-3/h9-10,13,15,17-18,23H,4-8,11-12,14H2,1-3H3/t15-,17?,18?/m1/s1. The van der Waals surface area contributed by atoms with Crippen molar-refractivity contribution in [1.29, 1.82) is 0 Å². The van der Waals surface area contributed by atoms with Gasteiger partial charge < -0.3 is 9.84 Å². The molecule has 1 aliphatic rings. The highest BCUT2D eigenvalue weighted by atomic mass is 16.6. The van der Waals surface area contributed by atoms with E-state index in [4.69, 9.17) is 4.74 Å². The summed E-state index contributed by atoms with van der Waals surface area (Å²) in [6.45, 7) is 6.18. The van der Waals surface area contributed by atoms with Gasteiger partial charge in [-0.05, 0) is 43.2 Å². The maximum absolute atomic E-state index is 11.0. The molecule has 3 atom stereocenters. The van der Waals surface area contributed by atoms with Crippen LogP contribution in [0.2, 0.25) is 0 Å². The SMILES string of the molecule is CCCC(CCC[C@@H](C)c1ccc([N+](=O)[O-])c(OC)c1)N1CCC(O)C1. The Balaban J connectivity index is 1.90. The minimum Gasteiger partial charge on any atom is -0.490 e. The van der Waals surface area contributed by atoms with Crippen LogP contribution in [-0.4, -0.2) is 47.3 Å². The van der Waals surface area contributed by atoms with Crippen molar-refractivity contribution in [1.82, 2.24) is 4.90 Å². The normalized spacial score (nSPS) is 20.1. The Bertz CT molecular complexity index is 593. The Kier molecular flexibility index (Phi) is 7.85. The summed E-state index contributed by atoms with van der Waals surface area (Å²) in [5, 5.41) is 20.8. The van der Waals surface area contributed by atoms with E-state index in [0.29, 0.717) is 17.7 Å². The molecule has 2 rings (SSSR count). The summed E-state index contributed by atoms with van der Waals surface area (Å²) in [6, 6.07) is 5.72. The summed E-state index contributed by atoms with van der Waals surface area (Å²) in [4.78, 5) is 13.1. The Morgan fingerprint density at radius 1 is 1.38 bits per heavy atom. The quantitative estimate of drug-likeness (QED) is 0.499. The average molecular weight is 364 g/mol. The van der Waals surface area contributed by atoms with Crippen molar-refractivity contribution >= 4 is 5.69 Å². The molecular formula is C20H32N2O4. The number of methoxy groups -OCH3 is 1. The number of likely N-dealkylation sites (tertiary alicyclic amines) is 1. The summed E-state index contributed by atoms with van der Waals surface area (Å²) in [7, 11) is 1.47. The molecule has 6 heteroatoms. The molecule has 1 N–H and O–H groups in total. The first kappa shape index (κ1) is 20.6. The van der Waals surface area contributed by atoms with Gasteiger partial charge in [-0.1, -0.05) is 32.8 Å². The first-order valence-corrected chi connectivity index (χ1v) is 9.70. The van der Waals surface area contributed by atoms with Gasteiger partial charge in [0.05, 0.1) is 18.1 Å². The summed E-state index contributed by atoms with van der Waals surface area (Å²) < 4.78 is 5.18. The molecular weight excluding hydrogens is 332 g/mol. The van der Waals surface area contributed by atoms with Gasteiger partial charge in [-0.15, -0.1) is 0 Å². The van der Waals surface area contributed by atoms with Gasteiger partial charge >= 0.3 is 5.69 Å². The lowest BCUT2D eigenvalue weighted by molar-refractivity contribution is -0.385. The van der Waals surface area contributed by atoms with E-state index in [-0.39, 0.29) is 11.8 Å². The van der Waals surface area contributed by atoms with Crippen LogP contribution >= 0.6 is 0 Å². The number of rotatable bonds is 10. The van der Waals surface area contributed by atoms with Crippen LogP contribution in [0.25, 0.3) is 0 Å². The largest absolute Gasteiger partial charge is 0.490 e. The van der Waals surface area contributed by atoms with Crippen molar-refractivity contribution in [3.05, 3.63) is 33.9 Å². The van der Waals surface area contributed by atoms with Crippen molar-refractivity contribution in [2.24, 2.45) is 0 Å². The lowest BCUT2D eigenvalue weighted by Gasteiger charge is -2.28. The van der Waals surface area contributed by atoms with Crippen LogP contribution in [0.15, 0.2) is 18.2 Å². The zero-order chi connectivity index (χ0) is 19.1. The molecule has 0 spiro atoms. The smallest absolute Gasteiger partial charge is 0.310 e. The van der Waals surface area contributed by atoms with Gasteiger partial charge in [0.25, 0.3) is 0 Å².